The van der Waals surface area contributed by atoms with Crippen LogP contribution in [0, 0.1) is 0 Å². The van der Waals surface area contributed by atoms with Crippen LogP contribution < -0.4 is 0 Å². The zero-order valence-corrected chi connectivity index (χ0v) is 14.4. The van der Waals surface area contributed by atoms with E-state index < -0.39 is 0 Å². The van der Waals surface area contributed by atoms with Gasteiger partial charge in [-0.3, -0.25) is 15.0 Å². The molecule has 7 nitrogen and oxygen atoms in total. The second kappa shape index (κ2) is 5.97. The third kappa shape index (κ3) is 2.75. The lowest BCUT2D eigenvalue weighted by atomic mass is 9.94. The number of H-pyrrole nitrogens is 2. The van der Waals surface area contributed by atoms with Crippen molar-refractivity contribution in [2.24, 2.45) is 0 Å². The van der Waals surface area contributed by atoms with Crippen LogP contribution in [0.3, 0.4) is 0 Å². The first-order valence-electron chi connectivity index (χ1n) is 9.57. The molecule has 0 radical (unpaired) electrons. The van der Waals surface area contributed by atoms with Crippen LogP contribution >= 0.6 is 0 Å². The molecule has 2 aliphatic carbocycles. The molecule has 0 spiro atoms. The zero-order chi connectivity index (χ0) is 16.8. The Morgan fingerprint density at radius 3 is 2.76 bits per heavy atom. The van der Waals surface area contributed by atoms with Crippen LogP contribution in [0.15, 0.2) is 0 Å². The van der Waals surface area contributed by atoms with E-state index in [0.29, 0.717) is 18.2 Å². The quantitative estimate of drug-likeness (QED) is 0.897. The number of aromatic amines is 2. The maximum absolute atomic E-state index is 13.0. The van der Waals surface area contributed by atoms with E-state index in [1.807, 2.05) is 4.90 Å². The summed E-state index contributed by atoms with van der Waals surface area (Å²) < 4.78 is 0. The molecule has 2 aromatic heterocycles. The number of carbonyl (C=O) groups excluding carboxylic acids is 1. The summed E-state index contributed by atoms with van der Waals surface area (Å²) in [5, 5.41) is 15.0. The number of nitrogens with zero attached hydrogens (tertiary/aromatic N) is 4. The number of aromatic nitrogens is 5. The van der Waals surface area contributed by atoms with E-state index in [4.69, 9.17) is 4.98 Å². The molecule has 7 heteroatoms. The number of hydrogen-bond acceptors (Lipinski definition) is 4. The first kappa shape index (κ1) is 15.1. The van der Waals surface area contributed by atoms with E-state index in [1.54, 1.807) is 0 Å². The topological polar surface area (TPSA) is 90.6 Å². The Hall–Kier alpha value is -2.18. The highest BCUT2D eigenvalue weighted by Crippen LogP contribution is 2.38. The molecule has 5 rings (SSSR count). The number of fused-ring (bicyclic) bond motifs is 1. The summed E-state index contributed by atoms with van der Waals surface area (Å²) in [6.45, 7) is 1.50. The minimum Gasteiger partial charge on any atom is -0.337 e. The number of rotatable bonds is 3. The summed E-state index contributed by atoms with van der Waals surface area (Å²) in [5.74, 6) is 2.79. The van der Waals surface area contributed by atoms with Crippen molar-refractivity contribution in [2.75, 3.05) is 13.1 Å². The Morgan fingerprint density at radius 2 is 1.88 bits per heavy atom. The van der Waals surface area contributed by atoms with Gasteiger partial charge in [-0.05, 0) is 51.4 Å². The van der Waals surface area contributed by atoms with Crippen LogP contribution in [-0.4, -0.2) is 49.3 Å². The second-order valence-corrected chi connectivity index (χ2v) is 7.68. The molecule has 2 aromatic rings. The van der Waals surface area contributed by atoms with E-state index >= 15 is 0 Å². The molecular formula is C18H24N6O. The summed E-state index contributed by atoms with van der Waals surface area (Å²) >= 11 is 0. The van der Waals surface area contributed by atoms with Gasteiger partial charge in [-0.1, -0.05) is 0 Å². The number of amides is 1. The number of piperidine rings is 1. The molecule has 1 unspecified atom stereocenters. The lowest BCUT2D eigenvalue weighted by Gasteiger charge is -2.31. The Bertz CT molecular complexity index is 789. The van der Waals surface area contributed by atoms with Gasteiger partial charge in [0.2, 0.25) is 0 Å². The predicted octanol–water partition coefficient (Wildman–Crippen LogP) is 2.30. The van der Waals surface area contributed by atoms with Crippen LogP contribution in [0.1, 0.15) is 83.8 Å². The highest BCUT2D eigenvalue weighted by Gasteiger charge is 2.33. The standard InChI is InChI=1S/C18H24N6O/c25-18(15-13-5-1-2-6-14(13)20-21-15)24-9-3-4-12(10-24)17-19-16(22-23-17)11-7-8-11/h11-12H,1-10H2,(H,20,21)(H,19,22,23). The molecule has 2 N–H and O–H groups in total. The minimum atomic E-state index is 0.0713. The highest BCUT2D eigenvalue weighted by molar-refractivity contribution is 5.94. The summed E-state index contributed by atoms with van der Waals surface area (Å²) in [4.78, 5) is 19.7. The van der Waals surface area contributed by atoms with Gasteiger partial charge in [0.05, 0.1) is 0 Å². The van der Waals surface area contributed by atoms with Gasteiger partial charge in [0.1, 0.15) is 5.82 Å². The van der Waals surface area contributed by atoms with Crippen molar-refractivity contribution in [3.8, 4) is 0 Å². The number of carbonyl (C=O) groups is 1. The molecule has 1 saturated heterocycles. The predicted molar refractivity (Wildman–Crippen MR) is 91.5 cm³/mol. The molecular weight excluding hydrogens is 316 g/mol. The van der Waals surface area contributed by atoms with Gasteiger partial charge >= 0.3 is 0 Å². The molecule has 0 aromatic carbocycles. The normalized spacial score (nSPS) is 23.5. The van der Waals surface area contributed by atoms with Crippen molar-refractivity contribution in [2.45, 2.75) is 63.2 Å². The fourth-order valence-electron chi connectivity index (χ4n) is 4.19. The third-order valence-electron chi connectivity index (χ3n) is 5.82. The molecule has 3 heterocycles. The van der Waals surface area contributed by atoms with Crippen LogP contribution in [0.4, 0.5) is 0 Å². The first-order valence-corrected chi connectivity index (χ1v) is 9.57. The highest BCUT2D eigenvalue weighted by atomic mass is 16.2. The third-order valence-corrected chi connectivity index (χ3v) is 5.82. The molecule has 1 amide bonds. The van der Waals surface area contributed by atoms with Gasteiger partial charge in [0.15, 0.2) is 11.5 Å². The van der Waals surface area contributed by atoms with Gasteiger partial charge in [-0.15, -0.1) is 0 Å². The number of aryl methyl sites for hydroxylation is 1. The van der Waals surface area contributed by atoms with Crippen LogP contribution in [0.25, 0.3) is 0 Å². The maximum Gasteiger partial charge on any atom is 0.274 e. The average molecular weight is 340 g/mol. The molecule has 0 bridgehead atoms. The van der Waals surface area contributed by atoms with Gasteiger partial charge in [-0.2, -0.15) is 10.2 Å². The van der Waals surface area contributed by atoms with Gasteiger partial charge in [-0.25, -0.2) is 4.98 Å². The summed E-state index contributed by atoms with van der Waals surface area (Å²) in [6.07, 6.45) is 8.79. The van der Waals surface area contributed by atoms with Crippen LogP contribution in [0.2, 0.25) is 0 Å². The van der Waals surface area contributed by atoms with Crippen molar-refractivity contribution >= 4 is 5.91 Å². The van der Waals surface area contributed by atoms with Crippen molar-refractivity contribution in [1.29, 1.82) is 0 Å². The van der Waals surface area contributed by atoms with E-state index in [2.05, 4.69) is 20.4 Å². The van der Waals surface area contributed by atoms with Crippen molar-refractivity contribution < 1.29 is 4.79 Å². The molecule has 1 atom stereocenters. The first-order chi connectivity index (χ1) is 12.3. The lowest BCUT2D eigenvalue weighted by molar-refractivity contribution is 0.0697. The van der Waals surface area contributed by atoms with Crippen LogP contribution in [-0.2, 0) is 12.8 Å². The van der Waals surface area contributed by atoms with E-state index in [0.717, 1.165) is 61.6 Å². The number of nitrogens with one attached hydrogen (secondary N) is 2. The Kier molecular flexibility index (Phi) is 3.60. The Labute approximate surface area is 146 Å². The number of likely N-dealkylation sites (tertiary alicyclic amines) is 1. The van der Waals surface area contributed by atoms with Crippen molar-refractivity contribution in [3.63, 3.8) is 0 Å². The summed E-state index contributed by atoms with van der Waals surface area (Å²) in [5.41, 5.74) is 2.95. The zero-order valence-electron chi connectivity index (χ0n) is 14.4. The second-order valence-electron chi connectivity index (χ2n) is 7.68. The van der Waals surface area contributed by atoms with Gasteiger partial charge in [0, 0.05) is 36.2 Å². The van der Waals surface area contributed by atoms with E-state index in [1.165, 1.54) is 19.3 Å². The molecule has 3 aliphatic rings. The fraction of sp³-hybridized carbons (Fsp3) is 0.667. The molecule has 132 valence electrons. The lowest BCUT2D eigenvalue weighted by Crippen LogP contribution is -2.40. The monoisotopic (exact) mass is 340 g/mol. The summed E-state index contributed by atoms with van der Waals surface area (Å²) in [6, 6.07) is 0. The molecule has 1 aliphatic heterocycles. The largest absolute Gasteiger partial charge is 0.337 e. The van der Waals surface area contributed by atoms with Gasteiger partial charge < -0.3 is 4.90 Å². The Morgan fingerprint density at radius 1 is 1.00 bits per heavy atom. The average Bonchev–Trinajstić information content (AvgIpc) is 3.23. The van der Waals surface area contributed by atoms with E-state index in [-0.39, 0.29) is 11.8 Å². The molecule has 25 heavy (non-hydrogen) atoms. The molecule has 1 saturated carbocycles. The Balaban J connectivity index is 1.33. The minimum absolute atomic E-state index is 0.0713. The van der Waals surface area contributed by atoms with Crippen molar-refractivity contribution in [3.05, 3.63) is 28.6 Å². The SMILES string of the molecule is O=C(c1n[nH]c2c1CCCC2)N1CCCC(c2n[nH]c(C3CC3)n2)C1. The smallest absolute Gasteiger partial charge is 0.274 e. The number of hydrogen-bond donors (Lipinski definition) is 2. The van der Waals surface area contributed by atoms with Gasteiger partial charge in [0.25, 0.3) is 5.91 Å². The molecule has 2 fully saturated rings. The maximum atomic E-state index is 13.0. The van der Waals surface area contributed by atoms with Crippen LogP contribution in [0.5, 0.6) is 0 Å². The fourth-order valence-corrected chi connectivity index (χ4v) is 4.19. The van der Waals surface area contributed by atoms with E-state index in [9.17, 15) is 4.79 Å². The summed E-state index contributed by atoms with van der Waals surface area (Å²) in [7, 11) is 0. The van der Waals surface area contributed by atoms with Crippen molar-refractivity contribution in [1.82, 2.24) is 30.3 Å².